The van der Waals surface area contributed by atoms with Gasteiger partial charge in [-0.25, -0.2) is 0 Å². The molecule has 0 aliphatic heterocycles. The van der Waals surface area contributed by atoms with Gasteiger partial charge in [0, 0.05) is 9.35 Å². The zero-order valence-electron chi connectivity index (χ0n) is 10.3. The second kappa shape index (κ2) is 6.50. The molecular formula is C13H8Br2F3NOS. The first-order valence-corrected chi connectivity index (χ1v) is 8.07. The van der Waals surface area contributed by atoms with Gasteiger partial charge in [-0.3, -0.25) is 4.79 Å². The largest absolute Gasteiger partial charge is 0.417 e. The minimum atomic E-state index is -4.58. The minimum absolute atomic E-state index is 0.183. The van der Waals surface area contributed by atoms with Gasteiger partial charge in [0.15, 0.2) is 0 Å². The summed E-state index contributed by atoms with van der Waals surface area (Å²) in [5.74, 6) is -0.751. The van der Waals surface area contributed by atoms with Crippen molar-refractivity contribution in [2.24, 2.45) is 0 Å². The number of carbonyl (C=O) groups excluding carboxylic acids is 1. The highest BCUT2D eigenvalue weighted by atomic mass is 79.9. The lowest BCUT2D eigenvalue weighted by Crippen LogP contribution is -2.25. The van der Waals surface area contributed by atoms with Crippen LogP contribution in [0.2, 0.25) is 0 Å². The Morgan fingerprint density at radius 1 is 1.19 bits per heavy atom. The van der Waals surface area contributed by atoms with E-state index in [0.717, 1.165) is 20.8 Å². The molecule has 21 heavy (non-hydrogen) atoms. The van der Waals surface area contributed by atoms with E-state index in [4.69, 9.17) is 0 Å². The van der Waals surface area contributed by atoms with Crippen LogP contribution in [0.25, 0.3) is 0 Å². The minimum Gasteiger partial charge on any atom is -0.347 e. The molecule has 1 N–H and O–H groups in total. The van der Waals surface area contributed by atoms with Crippen molar-refractivity contribution in [2.45, 2.75) is 12.7 Å². The van der Waals surface area contributed by atoms with Crippen molar-refractivity contribution in [3.05, 3.63) is 54.6 Å². The highest BCUT2D eigenvalue weighted by Gasteiger charge is 2.35. The molecule has 8 heteroatoms. The highest BCUT2D eigenvalue weighted by Crippen LogP contribution is 2.34. The first kappa shape index (κ1) is 16.5. The van der Waals surface area contributed by atoms with Gasteiger partial charge in [-0.15, -0.1) is 11.3 Å². The van der Waals surface area contributed by atoms with Crippen LogP contribution in [0.1, 0.15) is 20.8 Å². The van der Waals surface area contributed by atoms with E-state index in [2.05, 4.69) is 37.2 Å². The Kier molecular flexibility index (Phi) is 5.11. The fourth-order valence-electron chi connectivity index (χ4n) is 1.66. The summed E-state index contributed by atoms with van der Waals surface area (Å²) in [7, 11) is 0. The molecule has 2 rings (SSSR count). The van der Waals surface area contributed by atoms with Crippen molar-refractivity contribution in [3.8, 4) is 0 Å². The Morgan fingerprint density at radius 2 is 1.90 bits per heavy atom. The van der Waals surface area contributed by atoms with Crippen molar-refractivity contribution >= 4 is 49.1 Å². The number of rotatable bonds is 3. The van der Waals surface area contributed by atoms with Crippen LogP contribution in [-0.4, -0.2) is 5.91 Å². The molecule has 0 saturated heterocycles. The Labute approximate surface area is 139 Å². The topological polar surface area (TPSA) is 29.1 Å². The van der Waals surface area contributed by atoms with E-state index >= 15 is 0 Å². The fourth-order valence-corrected chi connectivity index (χ4v) is 3.44. The SMILES string of the molecule is O=C(NCc1ccc(Br)s1)c1ccc(Br)cc1C(F)(F)F. The molecule has 0 atom stereocenters. The molecule has 0 aliphatic carbocycles. The molecule has 112 valence electrons. The van der Waals surface area contributed by atoms with E-state index in [9.17, 15) is 18.0 Å². The van der Waals surface area contributed by atoms with E-state index in [0.29, 0.717) is 0 Å². The van der Waals surface area contributed by atoms with Crippen LogP contribution in [0, 0.1) is 0 Å². The number of nitrogens with one attached hydrogen (secondary N) is 1. The second-order valence-electron chi connectivity index (χ2n) is 4.08. The fraction of sp³-hybridized carbons (Fsp3) is 0.154. The molecule has 0 spiro atoms. The summed E-state index contributed by atoms with van der Waals surface area (Å²) in [6.45, 7) is 0.183. The van der Waals surface area contributed by atoms with Gasteiger partial charge in [0.05, 0.1) is 21.5 Å². The summed E-state index contributed by atoms with van der Waals surface area (Å²) >= 11 is 7.67. The van der Waals surface area contributed by atoms with Crippen LogP contribution in [0.15, 0.2) is 38.6 Å². The Morgan fingerprint density at radius 3 is 2.48 bits per heavy atom. The monoisotopic (exact) mass is 441 g/mol. The average Bonchev–Trinajstić information content (AvgIpc) is 2.81. The Bertz CT molecular complexity index is 670. The Hall–Kier alpha value is -0.860. The number of hydrogen-bond acceptors (Lipinski definition) is 2. The number of thiophene rings is 1. The maximum Gasteiger partial charge on any atom is 0.417 e. The average molecular weight is 443 g/mol. The van der Waals surface area contributed by atoms with Gasteiger partial charge in [-0.1, -0.05) is 15.9 Å². The number of carbonyl (C=O) groups is 1. The highest BCUT2D eigenvalue weighted by molar-refractivity contribution is 9.11. The maximum absolute atomic E-state index is 13.0. The van der Waals surface area contributed by atoms with Crippen LogP contribution >= 0.6 is 43.2 Å². The summed E-state index contributed by atoms with van der Waals surface area (Å²) in [6, 6.07) is 7.07. The third kappa shape index (κ3) is 4.31. The van der Waals surface area contributed by atoms with Crippen LogP contribution in [0.5, 0.6) is 0 Å². The number of hydrogen-bond donors (Lipinski definition) is 1. The molecule has 1 heterocycles. The standard InChI is InChI=1S/C13H8Br2F3NOS/c14-7-1-3-9(10(5-7)13(16,17)18)12(20)19-6-8-2-4-11(15)21-8/h1-5H,6H2,(H,19,20). The molecule has 0 bridgehead atoms. The number of benzene rings is 1. The Balaban J connectivity index is 2.19. The first-order valence-electron chi connectivity index (χ1n) is 5.66. The van der Waals surface area contributed by atoms with E-state index in [-0.39, 0.29) is 16.6 Å². The maximum atomic E-state index is 13.0. The number of alkyl halides is 3. The lowest BCUT2D eigenvalue weighted by molar-refractivity contribution is -0.138. The summed E-state index contributed by atoms with van der Waals surface area (Å²) in [6.07, 6.45) is -4.58. The molecule has 0 aliphatic rings. The third-order valence-electron chi connectivity index (χ3n) is 2.58. The zero-order chi connectivity index (χ0) is 15.6. The quantitative estimate of drug-likeness (QED) is 0.693. The predicted molar refractivity (Wildman–Crippen MR) is 82.3 cm³/mol. The van der Waals surface area contributed by atoms with Gasteiger partial charge in [-0.2, -0.15) is 13.2 Å². The number of amides is 1. The van der Waals surface area contributed by atoms with E-state index < -0.39 is 17.6 Å². The van der Waals surface area contributed by atoms with E-state index in [1.165, 1.54) is 17.4 Å². The smallest absolute Gasteiger partial charge is 0.347 e. The van der Waals surface area contributed by atoms with Crippen molar-refractivity contribution in [1.29, 1.82) is 0 Å². The van der Waals surface area contributed by atoms with Crippen molar-refractivity contribution in [1.82, 2.24) is 5.32 Å². The lowest BCUT2D eigenvalue weighted by Gasteiger charge is -2.13. The first-order chi connectivity index (χ1) is 9.77. The van der Waals surface area contributed by atoms with Crippen LogP contribution in [0.4, 0.5) is 13.2 Å². The molecule has 0 unspecified atom stereocenters. The molecule has 1 aromatic heterocycles. The predicted octanol–water partition coefficient (Wildman–Crippen LogP) is 5.22. The van der Waals surface area contributed by atoms with Gasteiger partial charge in [0.2, 0.25) is 0 Å². The van der Waals surface area contributed by atoms with Gasteiger partial charge in [0.1, 0.15) is 0 Å². The molecule has 0 radical (unpaired) electrons. The second-order valence-corrected chi connectivity index (χ2v) is 7.54. The lowest BCUT2D eigenvalue weighted by atomic mass is 10.1. The normalized spacial score (nSPS) is 11.5. The van der Waals surface area contributed by atoms with Gasteiger partial charge in [-0.05, 0) is 46.3 Å². The van der Waals surface area contributed by atoms with Crippen molar-refractivity contribution < 1.29 is 18.0 Å². The molecule has 1 amide bonds. The van der Waals surface area contributed by atoms with Crippen molar-refractivity contribution in [3.63, 3.8) is 0 Å². The van der Waals surface area contributed by atoms with E-state index in [1.54, 1.807) is 6.07 Å². The summed E-state index contributed by atoms with van der Waals surface area (Å²) in [5.41, 5.74) is -1.34. The summed E-state index contributed by atoms with van der Waals surface area (Å²) in [5, 5.41) is 2.50. The molecule has 2 aromatic rings. The van der Waals surface area contributed by atoms with Crippen LogP contribution in [0.3, 0.4) is 0 Å². The number of halogens is 5. The molecule has 1 aromatic carbocycles. The van der Waals surface area contributed by atoms with E-state index in [1.807, 2.05) is 6.07 Å². The van der Waals surface area contributed by atoms with Crippen LogP contribution < -0.4 is 5.32 Å². The molecule has 0 saturated carbocycles. The van der Waals surface area contributed by atoms with Gasteiger partial charge < -0.3 is 5.32 Å². The summed E-state index contributed by atoms with van der Waals surface area (Å²) in [4.78, 5) is 12.8. The van der Waals surface area contributed by atoms with Crippen molar-refractivity contribution in [2.75, 3.05) is 0 Å². The molecule has 0 fully saturated rings. The molecule has 2 nitrogen and oxygen atoms in total. The molecular weight excluding hydrogens is 435 g/mol. The van der Waals surface area contributed by atoms with Gasteiger partial charge in [0.25, 0.3) is 5.91 Å². The third-order valence-corrected chi connectivity index (χ3v) is 4.70. The zero-order valence-corrected chi connectivity index (χ0v) is 14.3. The van der Waals surface area contributed by atoms with Gasteiger partial charge >= 0.3 is 6.18 Å². The summed E-state index contributed by atoms with van der Waals surface area (Å²) < 4.78 is 40.0. The van der Waals surface area contributed by atoms with Crippen LogP contribution in [-0.2, 0) is 12.7 Å².